The first-order valence-corrected chi connectivity index (χ1v) is 7.58. The highest BCUT2D eigenvalue weighted by molar-refractivity contribution is 8.00. The zero-order valence-electron chi connectivity index (χ0n) is 10.2. The van der Waals surface area contributed by atoms with Crippen LogP contribution in [0.5, 0.6) is 5.75 Å². The van der Waals surface area contributed by atoms with Gasteiger partial charge in [-0.15, -0.1) is 11.8 Å². The molecule has 0 bridgehead atoms. The normalized spacial score (nSPS) is 25.2. The maximum Gasteiger partial charge on any atom is 0.182 e. The van der Waals surface area contributed by atoms with Crippen LogP contribution in [0.2, 0.25) is 0 Å². The van der Waals surface area contributed by atoms with Crippen molar-refractivity contribution in [1.29, 1.82) is 0 Å². The molecule has 19 heavy (non-hydrogen) atoms. The highest BCUT2D eigenvalue weighted by Crippen LogP contribution is 2.45. The summed E-state index contributed by atoms with van der Waals surface area (Å²) in [7, 11) is 0. The number of fused-ring (bicyclic) bond motifs is 3. The second-order valence-electron chi connectivity index (χ2n) is 4.64. The van der Waals surface area contributed by atoms with Crippen LogP contribution in [0.25, 0.3) is 0 Å². The fraction of sp³-hybridized carbons (Fsp3) is 0.333. The third kappa shape index (κ3) is 1.96. The Morgan fingerprint density at radius 1 is 1.53 bits per heavy atom. The van der Waals surface area contributed by atoms with Gasteiger partial charge >= 0.3 is 0 Å². The van der Waals surface area contributed by atoms with Gasteiger partial charge in [0.15, 0.2) is 10.2 Å². The quantitative estimate of drug-likeness (QED) is 0.710. The van der Waals surface area contributed by atoms with Crippen LogP contribution in [-0.4, -0.2) is 38.1 Å². The molecule has 1 aromatic rings. The topological polar surface area (TPSA) is 52.7 Å². The van der Waals surface area contributed by atoms with Gasteiger partial charge in [-0.3, -0.25) is 4.90 Å². The summed E-state index contributed by atoms with van der Waals surface area (Å²) < 4.78 is 0. The molecular formula is C12H13N3OS3. The van der Waals surface area contributed by atoms with Crippen molar-refractivity contribution in [2.45, 2.75) is 23.1 Å². The molecule has 2 heterocycles. The predicted molar refractivity (Wildman–Crippen MR) is 85.8 cm³/mol. The first kappa shape index (κ1) is 13.0. The van der Waals surface area contributed by atoms with E-state index in [1.54, 1.807) is 28.8 Å². The van der Waals surface area contributed by atoms with E-state index >= 15 is 0 Å². The van der Waals surface area contributed by atoms with E-state index in [9.17, 15) is 5.11 Å². The van der Waals surface area contributed by atoms with Crippen LogP contribution in [0.1, 0.15) is 6.92 Å². The van der Waals surface area contributed by atoms with E-state index in [1.807, 2.05) is 6.07 Å². The van der Waals surface area contributed by atoms with Crippen LogP contribution in [-0.2, 0) is 0 Å². The van der Waals surface area contributed by atoms with Gasteiger partial charge in [-0.25, -0.2) is 0 Å². The van der Waals surface area contributed by atoms with Gasteiger partial charge in [-0.05, 0) is 36.6 Å². The molecule has 3 rings (SSSR count). The second-order valence-corrected chi connectivity index (χ2v) is 6.85. The molecule has 2 unspecified atom stereocenters. The monoisotopic (exact) mass is 311 g/mol. The Bertz CT molecular complexity index is 577. The molecule has 0 radical (unpaired) electrons. The molecule has 1 aromatic carbocycles. The van der Waals surface area contributed by atoms with Gasteiger partial charge in [-0.1, -0.05) is 6.92 Å². The molecule has 100 valence electrons. The number of thiocarbonyl (C=S) groups is 2. The zero-order valence-corrected chi connectivity index (χ0v) is 12.7. The summed E-state index contributed by atoms with van der Waals surface area (Å²) in [6.07, 6.45) is 0. The van der Waals surface area contributed by atoms with E-state index in [4.69, 9.17) is 30.2 Å². The number of phenolic OH excluding ortho intramolecular Hbond substituents is 1. The highest BCUT2D eigenvalue weighted by atomic mass is 32.2. The second kappa shape index (κ2) is 4.50. The van der Waals surface area contributed by atoms with E-state index in [1.165, 1.54) is 0 Å². The van der Waals surface area contributed by atoms with Crippen molar-refractivity contribution < 1.29 is 5.11 Å². The number of aromatic hydroxyl groups is 1. The van der Waals surface area contributed by atoms with Crippen LogP contribution < -0.4 is 10.6 Å². The Hall–Kier alpha value is -1.05. The minimum absolute atomic E-state index is 0.230. The van der Waals surface area contributed by atoms with Crippen molar-refractivity contribution in [2.24, 2.45) is 5.73 Å². The first-order chi connectivity index (χ1) is 8.99. The van der Waals surface area contributed by atoms with Gasteiger partial charge in [0.1, 0.15) is 5.75 Å². The van der Waals surface area contributed by atoms with E-state index < -0.39 is 0 Å². The van der Waals surface area contributed by atoms with Gasteiger partial charge in [0.25, 0.3) is 0 Å². The molecule has 4 nitrogen and oxygen atoms in total. The van der Waals surface area contributed by atoms with Gasteiger partial charge in [0, 0.05) is 22.8 Å². The molecule has 3 N–H and O–H groups in total. The third-order valence-electron chi connectivity index (χ3n) is 3.46. The van der Waals surface area contributed by atoms with Gasteiger partial charge < -0.3 is 15.7 Å². The van der Waals surface area contributed by atoms with E-state index in [-0.39, 0.29) is 11.8 Å². The average molecular weight is 311 g/mol. The number of hydrogen-bond donors (Lipinski definition) is 2. The van der Waals surface area contributed by atoms with Gasteiger partial charge in [0.2, 0.25) is 0 Å². The standard InChI is InChI=1S/C12H13N3OS3/c1-6-9-5-14(11(13)17)12(18)15(9)8-4-7(16)2-3-10(8)19-6/h2-4,6,9,16H,5H2,1H3,(H2,13,17). The van der Waals surface area contributed by atoms with Crippen molar-refractivity contribution in [1.82, 2.24) is 4.90 Å². The third-order valence-corrected chi connectivity index (χ3v) is 5.38. The molecule has 1 saturated heterocycles. The number of hydrogen-bond acceptors (Lipinski definition) is 4. The molecule has 0 aliphatic carbocycles. The van der Waals surface area contributed by atoms with Crippen molar-refractivity contribution >= 4 is 52.1 Å². The number of rotatable bonds is 0. The number of nitrogens with zero attached hydrogens (tertiary/aromatic N) is 2. The lowest BCUT2D eigenvalue weighted by Crippen LogP contribution is -2.43. The summed E-state index contributed by atoms with van der Waals surface area (Å²) in [5.41, 5.74) is 6.67. The van der Waals surface area contributed by atoms with Crippen molar-refractivity contribution in [3.05, 3.63) is 18.2 Å². The summed E-state index contributed by atoms with van der Waals surface area (Å²) in [6, 6.07) is 5.60. The first-order valence-electron chi connectivity index (χ1n) is 5.89. The number of benzene rings is 1. The lowest BCUT2D eigenvalue weighted by molar-refractivity contribution is 0.474. The minimum Gasteiger partial charge on any atom is -0.508 e. The lowest BCUT2D eigenvalue weighted by atomic mass is 10.1. The molecule has 0 aromatic heterocycles. The molecule has 2 atom stereocenters. The number of thioether (sulfide) groups is 1. The van der Waals surface area contributed by atoms with Crippen molar-refractivity contribution in [3.8, 4) is 5.75 Å². The Labute approximate surface area is 126 Å². The Kier molecular flexibility index (Phi) is 3.07. The largest absolute Gasteiger partial charge is 0.508 e. The maximum absolute atomic E-state index is 9.69. The van der Waals surface area contributed by atoms with E-state index in [2.05, 4.69) is 11.8 Å². The molecule has 0 saturated carbocycles. The Morgan fingerprint density at radius 3 is 2.95 bits per heavy atom. The van der Waals surface area contributed by atoms with E-state index in [0.29, 0.717) is 22.0 Å². The van der Waals surface area contributed by atoms with Crippen LogP contribution in [0.4, 0.5) is 5.69 Å². The fourth-order valence-corrected chi connectivity index (χ4v) is 4.33. The van der Waals surface area contributed by atoms with Crippen molar-refractivity contribution in [3.63, 3.8) is 0 Å². The molecule has 1 fully saturated rings. The SMILES string of the molecule is CC1Sc2ccc(O)cc2N2C(=S)N(C(N)=S)CC12. The lowest BCUT2D eigenvalue weighted by Gasteiger charge is -2.35. The molecule has 0 amide bonds. The van der Waals surface area contributed by atoms with Crippen LogP contribution in [0, 0.1) is 0 Å². The van der Waals surface area contributed by atoms with Gasteiger partial charge in [-0.2, -0.15) is 0 Å². The van der Waals surface area contributed by atoms with Crippen LogP contribution in [0.15, 0.2) is 23.1 Å². The van der Waals surface area contributed by atoms with Crippen LogP contribution >= 0.6 is 36.2 Å². The average Bonchev–Trinajstić information content (AvgIpc) is 2.69. The fourth-order valence-electron chi connectivity index (χ4n) is 2.52. The summed E-state index contributed by atoms with van der Waals surface area (Å²) in [4.78, 5) is 4.96. The number of phenols is 1. The summed E-state index contributed by atoms with van der Waals surface area (Å²) in [5, 5.41) is 11.0. The molecule has 2 aliphatic rings. The number of anilines is 1. The molecular weight excluding hydrogens is 298 g/mol. The zero-order chi connectivity index (χ0) is 13.7. The number of nitrogens with two attached hydrogens (primary N) is 1. The van der Waals surface area contributed by atoms with Crippen LogP contribution in [0.3, 0.4) is 0 Å². The molecule has 0 spiro atoms. The maximum atomic E-state index is 9.69. The summed E-state index contributed by atoms with van der Waals surface area (Å²) in [5.74, 6) is 0.240. The summed E-state index contributed by atoms with van der Waals surface area (Å²) >= 11 is 12.3. The molecule has 7 heteroatoms. The van der Waals surface area contributed by atoms with Crippen molar-refractivity contribution in [2.75, 3.05) is 11.4 Å². The minimum atomic E-state index is 0.230. The van der Waals surface area contributed by atoms with Gasteiger partial charge in [0.05, 0.1) is 11.7 Å². The Morgan fingerprint density at radius 2 is 2.26 bits per heavy atom. The highest BCUT2D eigenvalue weighted by Gasteiger charge is 2.43. The molecule has 2 aliphatic heterocycles. The summed E-state index contributed by atoms with van der Waals surface area (Å²) in [6.45, 7) is 2.88. The smallest absolute Gasteiger partial charge is 0.182 e. The van der Waals surface area contributed by atoms with E-state index in [0.717, 1.165) is 10.6 Å². The predicted octanol–water partition coefficient (Wildman–Crippen LogP) is 1.91. The Balaban J connectivity index is 2.09.